The maximum Gasteiger partial charge on any atom is 0.315 e. The highest BCUT2D eigenvalue weighted by atomic mass is 16.2. The first-order valence-corrected chi connectivity index (χ1v) is 10.1. The van der Waals surface area contributed by atoms with Crippen LogP contribution in [0.2, 0.25) is 0 Å². The zero-order valence-electron chi connectivity index (χ0n) is 17.9. The Hall–Kier alpha value is -3.35. The number of amides is 4. The van der Waals surface area contributed by atoms with Crippen LogP contribution in [-0.4, -0.2) is 17.8 Å². The van der Waals surface area contributed by atoms with Crippen molar-refractivity contribution in [2.45, 2.75) is 40.8 Å². The molecule has 0 aliphatic heterocycles. The second kappa shape index (κ2) is 11.0. The molecule has 30 heavy (non-hydrogen) atoms. The highest BCUT2D eigenvalue weighted by molar-refractivity contribution is 5.92. The molecule has 7 nitrogen and oxygen atoms in total. The molecule has 0 heterocycles. The predicted octanol–water partition coefficient (Wildman–Crippen LogP) is 3.88. The highest BCUT2D eigenvalue weighted by Gasteiger charge is 2.08. The maximum absolute atomic E-state index is 12.0. The Bertz CT molecular complexity index is 788. The lowest BCUT2D eigenvalue weighted by Crippen LogP contribution is -2.34. The van der Waals surface area contributed by atoms with E-state index in [1.807, 2.05) is 76.2 Å². The summed E-state index contributed by atoms with van der Waals surface area (Å²) in [6, 6.07) is 14.4. The Morgan fingerprint density at radius 3 is 1.27 bits per heavy atom. The van der Waals surface area contributed by atoms with Crippen molar-refractivity contribution in [1.82, 2.24) is 10.6 Å². The summed E-state index contributed by atoms with van der Waals surface area (Å²) in [5.74, 6) is -0.221. The van der Waals surface area contributed by atoms with Crippen molar-refractivity contribution >= 4 is 29.2 Å². The third kappa shape index (κ3) is 7.58. The minimum absolute atomic E-state index is 0.0319. The van der Waals surface area contributed by atoms with Crippen LogP contribution >= 0.6 is 0 Å². The molecule has 4 amide bonds. The standard InChI is InChI=1S/C23H30N4O3/c1-15(2)21(28)26-19-9-5-17(6-10-19)13-24-23(30)25-14-18-7-11-20(12-8-18)27-22(29)16(3)4/h5-12,15-16H,13-14H2,1-4H3,(H,26,28)(H,27,29)(H2,24,25,30). The van der Waals surface area contributed by atoms with E-state index in [0.29, 0.717) is 13.1 Å². The summed E-state index contributed by atoms with van der Waals surface area (Å²) in [5, 5.41) is 11.3. The quantitative estimate of drug-likeness (QED) is 0.531. The third-order valence-electron chi connectivity index (χ3n) is 4.40. The number of carbonyl (C=O) groups is 3. The number of nitrogens with one attached hydrogen (secondary N) is 4. The molecule has 0 aromatic heterocycles. The minimum atomic E-state index is -0.274. The van der Waals surface area contributed by atoms with E-state index in [9.17, 15) is 14.4 Å². The van der Waals surface area contributed by atoms with Crippen molar-refractivity contribution in [1.29, 1.82) is 0 Å². The van der Waals surface area contributed by atoms with E-state index in [0.717, 1.165) is 22.5 Å². The predicted molar refractivity (Wildman–Crippen MR) is 119 cm³/mol. The summed E-state index contributed by atoms with van der Waals surface area (Å²) < 4.78 is 0. The molecule has 4 N–H and O–H groups in total. The van der Waals surface area contributed by atoms with E-state index in [-0.39, 0.29) is 29.7 Å². The van der Waals surface area contributed by atoms with Crippen molar-refractivity contribution in [3.05, 3.63) is 59.7 Å². The van der Waals surface area contributed by atoms with Crippen molar-refractivity contribution in [3.63, 3.8) is 0 Å². The topological polar surface area (TPSA) is 99.3 Å². The number of rotatable bonds is 8. The Morgan fingerprint density at radius 2 is 0.967 bits per heavy atom. The SMILES string of the molecule is CC(C)C(=O)Nc1ccc(CNC(=O)NCc2ccc(NC(=O)C(C)C)cc2)cc1. The average molecular weight is 411 g/mol. The molecule has 0 aliphatic rings. The summed E-state index contributed by atoms with van der Waals surface area (Å²) in [4.78, 5) is 35.4. The Labute approximate surface area is 177 Å². The first-order valence-electron chi connectivity index (χ1n) is 10.1. The van der Waals surface area contributed by atoms with Crippen LogP contribution < -0.4 is 21.3 Å². The number of carbonyl (C=O) groups excluding carboxylic acids is 3. The van der Waals surface area contributed by atoms with Crippen LogP contribution in [0, 0.1) is 11.8 Å². The summed E-state index contributed by atoms with van der Waals surface area (Å²) in [7, 11) is 0. The normalized spacial score (nSPS) is 10.6. The van der Waals surface area contributed by atoms with Gasteiger partial charge >= 0.3 is 6.03 Å². The molecule has 0 bridgehead atoms. The number of hydrogen-bond donors (Lipinski definition) is 4. The van der Waals surface area contributed by atoms with Gasteiger partial charge in [0.05, 0.1) is 0 Å². The largest absolute Gasteiger partial charge is 0.334 e. The molecule has 0 spiro atoms. The fourth-order valence-electron chi connectivity index (χ4n) is 2.41. The van der Waals surface area contributed by atoms with Crippen LogP contribution in [0.4, 0.5) is 16.2 Å². The lowest BCUT2D eigenvalue weighted by Gasteiger charge is -2.11. The van der Waals surface area contributed by atoms with E-state index in [1.54, 1.807) is 0 Å². The molecule has 0 radical (unpaired) electrons. The van der Waals surface area contributed by atoms with Gasteiger partial charge in [0.15, 0.2) is 0 Å². The van der Waals surface area contributed by atoms with Gasteiger partial charge in [-0.1, -0.05) is 52.0 Å². The summed E-state index contributed by atoms with van der Waals surface area (Å²) in [6.45, 7) is 8.11. The van der Waals surface area contributed by atoms with Gasteiger partial charge in [-0.3, -0.25) is 9.59 Å². The monoisotopic (exact) mass is 410 g/mol. The van der Waals surface area contributed by atoms with Crippen LogP contribution in [0.25, 0.3) is 0 Å². The fraction of sp³-hybridized carbons (Fsp3) is 0.348. The molecule has 2 aromatic rings. The summed E-state index contributed by atoms with van der Waals surface area (Å²) in [6.07, 6.45) is 0. The van der Waals surface area contributed by atoms with Crippen LogP contribution in [0.15, 0.2) is 48.5 Å². The van der Waals surface area contributed by atoms with Crippen molar-refractivity contribution in [2.24, 2.45) is 11.8 Å². The van der Waals surface area contributed by atoms with Gasteiger partial charge in [-0.15, -0.1) is 0 Å². The maximum atomic E-state index is 12.0. The molecule has 0 unspecified atom stereocenters. The molecule has 0 saturated heterocycles. The summed E-state index contributed by atoms with van der Waals surface area (Å²) in [5.41, 5.74) is 3.32. The fourth-order valence-corrected chi connectivity index (χ4v) is 2.41. The Morgan fingerprint density at radius 1 is 0.633 bits per heavy atom. The van der Waals surface area contributed by atoms with Crippen LogP contribution in [0.3, 0.4) is 0 Å². The minimum Gasteiger partial charge on any atom is -0.334 e. The molecule has 0 aliphatic carbocycles. The number of benzene rings is 2. The first kappa shape index (κ1) is 22.9. The van der Waals surface area contributed by atoms with E-state index in [2.05, 4.69) is 21.3 Å². The molecule has 7 heteroatoms. The van der Waals surface area contributed by atoms with Gasteiger partial charge in [-0.25, -0.2) is 4.79 Å². The van der Waals surface area contributed by atoms with Gasteiger partial charge < -0.3 is 21.3 Å². The van der Waals surface area contributed by atoms with Crippen molar-refractivity contribution in [3.8, 4) is 0 Å². The molecule has 0 atom stereocenters. The van der Waals surface area contributed by atoms with E-state index in [4.69, 9.17) is 0 Å². The molecule has 160 valence electrons. The molecule has 0 fully saturated rings. The van der Waals surface area contributed by atoms with Crippen LogP contribution in [0.5, 0.6) is 0 Å². The van der Waals surface area contributed by atoms with Gasteiger partial charge in [-0.2, -0.15) is 0 Å². The lowest BCUT2D eigenvalue weighted by atomic mass is 10.1. The Balaban J connectivity index is 1.74. The zero-order chi connectivity index (χ0) is 22.1. The molecule has 2 rings (SSSR count). The molecular weight excluding hydrogens is 380 g/mol. The summed E-state index contributed by atoms with van der Waals surface area (Å²) >= 11 is 0. The van der Waals surface area contributed by atoms with E-state index < -0.39 is 0 Å². The average Bonchev–Trinajstić information content (AvgIpc) is 2.72. The molecule has 0 saturated carbocycles. The zero-order valence-corrected chi connectivity index (χ0v) is 17.9. The van der Waals surface area contributed by atoms with Gasteiger partial charge in [0.25, 0.3) is 0 Å². The molecular formula is C23H30N4O3. The molecule has 2 aromatic carbocycles. The van der Waals surface area contributed by atoms with Crippen LogP contribution in [0.1, 0.15) is 38.8 Å². The van der Waals surface area contributed by atoms with Gasteiger partial charge in [-0.05, 0) is 35.4 Å². The number of anilines is 2. The lowest BCUT2D eigenvalue weighted by molar-refractivity contribution is -0.119. The number of hydrogen-bond acceptors (Lipinski definition) is 3. The first-order chi connectivity index (χ1) is 14.2. The van der Waals surface area contributed by atoms with E-state index in [1.165, 1.54) is 0 Å². The second-order valence-corrected chi connectivity index (χ2v) is 7.72. The number of urea groups is 1. The van der Waals surface area contributed by atoms with Gasteiger partial charge in [0.2, 0.25) is 11.8 Å². The van der Waals surface area contributed by atoms with Gasteiger partial charge in [0, 0.05) is 36.3 Å². The highest BCUT2D eigenvalue weighted by Crippen LogP contribution is 2.12. The second-order valence-electron chi connectivity index (χ2n) is 7.72. The van der Waals surface area contributed by atoms with Crippen molar-refractivity contribution in [2.75, 3.05) is 10.6 Å². The Kier molecular flexibility index (Phi) is 8.41. The third-order valence-corrected chi connectivity index (χ3v) is 4.40. The smallest absolute Gasteiger partial charge is 0.315 e. The van der Waals surface area contributed by atoms with E-state index >= 15 is 0 Å². The van der Waals surface area contributed by atoms with Crippen LogP contribution in [-0.2, 0) is 22.7 Å². The van der Waals surface area contributed by atoms with Gasteiger partial charge in [0.1, 0.15) is 0 Å². The van der Waals surface area contributed by atoms with Crippen molar-refractivity contribution < 1.29 is 14.4 Å².